The van der Waals surface area contributed by atoms with E-state index >= 15 is 0 Å². The number of esters is 1. The number of nitrogens with zero attached hydrogens (tertiary/aromatic N) is 1. The molecule has 0 atom stereocenters. The average Bonchev–Trinajstić information content (AvgIpc) is 2.46. The molecule has 0 fully saturated rings. The number of methoxy groups -OCH3 is 1. The number of ether oxygens (including phenoxy) is 3. The van der Waals surface area contributed by atoms with Crippen molar-refractivity contribution in [3.8, 4) is 0 Å². The highest BCUT2D eigenvalue weighted by atomic mass is 127. The third kappa shape index (κ3) is 6.36. The van der Waals surface area contributed by atoms with Crippen molar-refractivity contribution in [2.24, 2.45) is 0 Å². The summed E-state index contributed by atoms with van der Waals surface area (Å²) in [6, 6.07) is 4.09. The predicted molar refractivity (Wildman–Crippen MR) is 83.4 cm³/mol. The second-order valence-electron chi connectivity index (χ2n) is 4.02. The minimum Gasteiger partial charge on any atom is -0.462 e. The zero-order chi connectivity index (χ0) is 15.7. The number of halogens is 1. The van der Waals surface area contributed by atoms with Crippen LogP contribution in [-0.4, -0.2) is 44.4 Å². The maximum atomic E-state index is 11.9. The van der Waals surface area contributed by atoms with Crippen LogP contribution in [0, 0.1) is 13.7 Å². The van der Waals surface area contributed by atoms with Crippen LogP contribution in [0.15, 0.2) is 18.2 Å². The highest BCUT2D eigenvalue weighted by molar-refractivity contribution is 14.1. The molecule has 0 N–H and O–H groups in total. The molecular formula is C13H16INO6. The van der Waals surface area contributed by atoms with E-state index in [1.54, 1.807) is 7.11 Å². The first-order chi connectivity index (χ1) is 10.1. The van der Waals surface area contributed by atoms with Crippen LogP contribution >= 0.6 is 22.6 Å². The van der Waals surface area contributed by atoms with Gasteiger partial charge in [-0.2, -0.15) is 0 Å². The lowest BCUT2D eigenvalue weighted by molar-refractivity contribution is -0.384. The maximum Gasteiger partial charge on any atom is 0.339 e. The van der Waals surface area contributed by atoms with Crippen molar-refractivity contribution in [3.05, 3.63) is 37.4 Å². The monoisotopic (exact) mass is 409 g/mol. The Bertz CT molecular complexity index is 494. The van der Waals surface area contributed by atoms with Crippen LogP contribution in [0.1, 0.15) is 16.8 Å². The van der Waals surface area contributed by atoms with Crippen molar-refractivity contribution < 1.29 is 23.9 Å². The number of non-ortho nitro benzene ring substituents is 1. The van der Waals surface area contributed by atoms with Crippen molar-refractivity contribution in [1.29, 1.82) is 0 Å². The molecule has 0 unspecified atom stereocenters. The maximum absolute atomic E-state index is 11.9. The van der Waals surface area contributed by atoms with Crippen LogP contribution in [0.5, 0.6) is 0 Å². The van der Waals surface area contributed by atoms with Crippen molar-refractivity contribution in [2.45, 2.75) is 6.42 Å². The largest absolute Gasteiger partial charge is 0.462 e. The van der Waals surface area contributed by atoms with Gasteiger partial charge in [0.2, 0.25) is 0 Å². The lowest BCUT2D eigenvalue weighted by Gasteiger charge is -2.07. The van der Waals surface area contributed by atoms with Gasteiger partial charge in [0.25, 0.3) is 5.69 Å². The van der Waals surface area contributed by atoms with E-state index in [9.17, 15) is 14.9 Å². The van der Waals surface area contributed by atoms with Gasteiger partial charge < -0.3 is 14.2 Å². The molecule has 1 aromatic carbocycles. The molecular weight excluding hydrogens is 393 g/mol. The van der Waals surface area contributed by atoms with Gasteiger partial charge in [-0.05, 0) is 28.7 Å². The lowest BCUT2D eigenvalue weighted by atomic mass is 10.2. The van der Waals surface area contributed by atoms with Crippen LogP contribution in [0.3, 0.4) is 0 Å². The standard InChI is InChI=1S/C13H16INO6/c1-19-7-8-20-5-2-6-21-13(16)11-9-10(15(17)18)3-4-12(11)14/h3-4,9H,2,5-8H2,1H3. The molecule has 7 nitrogen and oxygen atoms in total. The van der Waals surface area contributed by atoms with Crippen LogP contribution in [0.4, 0.5) is 5.69 Å². The first-order valence-corrected chi connectivity index (χ1v) is 7.32. The molecule has 0 radical (unpaired) electrons. The Morgan fingerprint density at radius 3 is 2.71 bits per heavy atom. The summed E-state index contributed by atoms with van der Waals surface area (Å²) < 4.78 is 15.7. The van der Waals surface area contributed by atoms with Gasteiger partial charge in [-0.15, -0.1) is 0 Å². The average molecular weight is 409 g/mol. The smallest absolute Gasteiger partial charge is 0.339 e. The second kappa shape index (κ2) is 9.64. The van der Waals surface area contributed by atoms with E-state index in [4.69, 9.17) is 14.2 Å². The van der Waals surface area contributed by atoms with Crippen LogP contribution in [-0.2, 0) is 14.2 Å². The summed E-state index contributed by atoms with van der Waals surface area (Å²) in [4.78, 5) is 22.0. The summed E-state index contributed by atoms with van der Waals surface area (Å²) in [5, 5.41) is 10.7. The molecule has 116 valence electrons. The predicted octanol–water partition coefficient (Wildman–Crippen LogP) is 2.41. The molecule has 0 amide bonds. The van der Waals surface area contributed by atoms with Gasteiger partial charge in [-0.3, -0.25) is 10.1 Å². The summed E-state index contributed by atoms with van der Waals surface area (Å²) in [6.45, 7) is 1.67. The molecule has 0 aliphatic rings. The normalized spacial score (nSPS) is 10.4. The van der Waals surface area contributed by atoms with Gasteiger partial charge >= 0.3 is 5.97 Å². The van der Waals surface area contributed by atoms with E-state index in [1.807, 2.05) is 22.6 Å². The minimum absolute atomic E-state index is 0.134. The highest BCUT2D eigenvalue weighted by Crippen LogP contribution is 2.20. The first kappa shape index (κ1) is 17.8. The number of hydrogen-bond donors (Lipinski definition) is 0. The number of nitro benzene ring substituents is 1. The van der Waals surface area contributed by atoms with E-state index in [1.165, 1.54) is 18.2 Å². The van der Waals surface area contributed by atoms with Gasteiger partial charge in [-0.25, -0.2) is 4.79 Å². The third-order valence-electron chi connectivity index (χ3n) is 2.48. The molecule has 21 heavy (non-hydrogen) atoms. The number of benzene rings is 1. The second-order valence-corrected chi connectivity index (χ2v) is 5.18. The Labute approximate surface area is 135 Å². The zero-order valence-corrected chi connectivity index (χ0v) is 13.7. The molecule has 0 spiro atoms. The quantitative estimate of drug-likeness (QED) is 0.205. The minimum atomic E-state index is -0.569. The van der Waals surface area contributed by atoms with E-state index in [0.717, 1.165) is 0 Å². The Balaban J connectivity index is 2.41. The lowest BCUT2D eigenvalue weighted by Crippen LogP contribution is -2.11. The third-order valence-corrected chi connectivity index (χ3v) is 3.42. The molecule has 0 aliphatic heterocycles. The SMILES string of the molecule is COCCOCCCOC(=O)c1cc([N+](=O)[O-])ccc1I. The number of hydrogen-bond acceptors (Lipinski definition) is 6. The van der Waals surface area contributed by atoms with Crippen LogP contribution in [0.25, 0.3) is 0 Å². The van der Waals surface area contributed by atoms with Crippen LogP contribution < -0.4 is 0 Å². The first-order valence-electron chi connectivity index (χ1n) is 6.24. The van der Waals surface area contributed by atoms with Gasteiger partial charge in [-0.1, -0.05) is 0 Å². The molecule has 0 saturated heterocycles. The zero-order valence-electron chi connectivity index (χ0n) is 11.5. The summed E-state index contributed by atoms with van der Waals surface area (Å²) >= 11 is 1.94. The van der Waals surface area contributed by atoms with Gasteiger partial charge in [0.05, 0.1) is 30.3 Å². The topological polar surface area (TPSA) is 87.9 Å². The molecule has 1 aromatic rings. The Morgan fingerprint density at radius 1 is 1.29 bits per heavy atom. The number of nitro groups is 1. The van der Waals surface area contributed by atoms with Gasteiger partial charge in [0, 0.05) is 35.8 Å². The van der Waals surface area contributed by atoms with Crippen LogP contribution in [0.2, 0.25) is 0 Å². The summed E-state index contributed by atoms with van der Waals surface area (Å²) in [7, 11) is 1.59. The van der Waals surface area contributed by atoms with Gasteiger partial charge in [0.15, 0.2) is 0 Å². The fourth-order valence-corrected chi connectivity index (χ4v) is 1.99. The Hall–Kier alpha value is -1.26. The van der Waals surface area contributed by atoms with Crippen molar-refractivity contribution in [3.63, 3.8) is 0 Å². The van der Waals surface area contributed by atoms with Crippen molar-refractivity contribution >= 4 is 34.2 Å². The molecule has 0 aliphatic carbocycles. The van der Waals surface area contributed by atoms with Crippen molar-refractivity contribution in [2.75, 3.05) is 33.5 Å². The summed E-state index contributed by atoms with van der Waals surface area (Å²) in [5.74, 6) is -0.569. The molecule has 0 saturated carbocycles. The van der Waals surface area contributed by atoms with Crippen molar-refractivity contribution in [1.82, 2.24) is 0 Å². The van der Waals surface area contributed by atoms with E-state index in [2.05, 4.69) is 0 Å². The fourth-order valence-electron chi connectivity index (χ4n) is 1.43. The number of carbonyl (C=O) groups excluding carboxylic acids is 1. The fraction of sp³-hybridized carbons (Fsp3) is 0.462. The number of rotatable bonds is 9. The van der Waals surface area contributed by atoms with E-state index in [-0.39, 0.29) is 17.9 Å². The molecule has 8 heteroatoms. The number of carbonyl (C=O) groups is 1. The van der Waals surface area contributed by atoms with E-state index in [0.29, 0.717) is 29.8 Å². The molecule has 0 bridgehead atoms. The molecule has 0 aromatic heterocycles. The highest BCUT2D eigenvalue weighted by Gasteiger charge is 2.16. The summed E-state index contributed by atoms with van der Waals surface area (Å²) in [6.07, 6.45) is 0.557. The molecule has 0 heterocycles. The van der Waals surface area contributed by atoms with E-state index < -0.39 is 10.9 Å². The van der Waals surface area contributed by atoms with Gasteiger partial charge in [0.1, 0.15) is 0 Å². The molecule has 1 rings (SSSR count). The summed E-state index contributed by atoms with van der Waals surface area (Å²) in [5.41, 5.74) is 0.0652. The Morgan fingerprint density at radius 2 is 2.05 bits per heavy atom. The Kier molecular flexibility index (Phi) is 8.16.